The number of aromatic nitrogens is 3. The van der Waals surface area contributed by atoms with Crippen molar-refractivity contribution in [2.75, 3.05) is 0 Å². The van der Waals surface area contributed by atoms with E-state index in [1.807, 2.05) is 11.3 Å². The maximum atomic E-state index is 5.75. The number of para-hydroxylation sites is 2. The van der Waals surface area contributed by atoms with Gasteiger partial charge in [-0.15, -0.1) is 0 Å². The van der Waals surface area contributed by atoms with Crippen LogP contribution in [0.2, 0.25) is 0 Å². The summed E-state index contributed by atoms with van der Waals surface area (Å²) in [5.74, 6) is 0.728. The standard InChI is InChI=1S/C52H33GeN3S/c1-4-18-34(19-5-1)49-48-50(39-25-10-14-28-42(39)53(48,35-20-6-2-7-21-35)36-22-8-3-9-23-36)55-52(54-49)41-27-12-16-30-44(41)56-43-29-15-11-26-40(43)47-45(56)33-32-38-37-24-13-17-31-46(37)57-51(38)47/h1-33H. The Morgan fingerprint density at radius 1 is 0.439 bits per heavy atom. The second kappa shape index (κ2) is 12.7. The van der Waals surface area contributed by atoms with Gasteiger partial charge in [0, 0.05) is 0 Å². The fourth-order valence-electron chi connectivity index (χ4n) is 9.58. The van der Waals surface area contributed by atoms with Gasteiger partial charge >= 0.3 is 314 Å². The third kappa shape index (κ3) is 4.66. The molecule has 4 heterocycles. The Labute approximate surface area is 336 Å². The molecule has 8 aromatic carbocycles. The minimum absolute atomic E-state index is 0.728. The molecule has 5 heteroatoms. The van der Waals surface area contributed by atoms with Crippen LogP contribution in [0.1, 0.15) is 0 Å². The molecule has 0 aliphatic carbocycles. The van der Waals surface area contributed by atoms with Gasteiger partial charge in [-0.1, -0.05) is 18.2 Å². The van der Waals surface area contributed by atoms with Crippen LogP contribution in [0.4, 0.5) is 0 Å². The van der Waals surface area contributed by atoms with Gasteiger partial charge in [0.25, 0.3) is 0 Å². The molecule has 3 aromatic heterocycles. The molecule has 0 spiro atoms. The molecule has 1 aliphatic heterocycles. The topological polar surface area (TPSA) is 30.7 Å². The summed E-state index contributed by atoms with van der Waals surface area (Å²) in [7, 11) is 0. The maximum absolute atomic E-state index is 5.75. The first-order chi connectivity index (χ1) is 28.3. The van der Waals surface area contributed by atoms with Crippen LogP contribution in [-0.4, -0.2) is 27.8 Å². The van der Waals surface area contributed by atoms with Crippen molar-refractivity contribution in [3.05, 3.63) is 200 Å². The average Bonchev–Trinajstić information content (AvgIpc) is 3.93. The number of hydrogen-bond donors (Lipinski definition) is 0. The van der Waals surface area contributed by atoms with Gasteiger partial charge in [-0.2, -0.15) is 0 Å². The van der Waals surface area contributed by atoms with Crippen LogP contribution in [0.15, 0.2) is 200 Å². The first kappa shape index (κ1) is 32.6. The normalized spacial score (nSPS) is 13.1. The second-order valence-corrected chi connectivity index (χ2v) is 23.6. The zero-order valence-electron chi connectivity index (χ0n) is 30.8. The van der Waals surface area contributed by atoms with E-state index < -0.39 is 13.3 Å². The van der Waals surface area contributed by atoms with Crippen molar-refractivity contribution in [3.8, 4) is 39.6 Å². The summed E-state index contributed by atoms with van der Waals surface area (Å²) in [4.78, 5) is 11.5. The number of hydrogen-bond acceptors (Lipinski definition) is 3. The van der Waals surface area contributed by atoms with Gasteiger partial charge in [0.1, 0.15) is 0 Å². The third-order valence-corrected chi connectivity index (χ3v) is 23.3. The molecule has 266 valence electrons. The van der Waals surface area contributed by atoms with Crippen LogP contribution < -0.4 is 17.6 Å². The van der Waals surface area contributed by atoms with Crippen molar-refractivity contribution in [2.45, 2.75) is 0 Å². The van der Waals surface area contributed by atoms with E-state index in [-0.39, 0.29) is 0 Å². The molecule has 57 heavy (non-hydrogen) atoms. The van der Waals surface area contributed by atoms with Crippen LogP contribution in [-0.2, 0) is 0 Å². The molecule has 0 saturated carbocycles. The Kier molecular flexibility index (Phi) is 7.28. The summed E-state index contributed by atoms with van der Waals surface area (Å²) in [6, 6.07) is 73.1. The summed E-state index contributed by atoms with van der Waals surface area (Å²) in [5, 5.41) is 5.15. The van der Waals surface area contributed by atoms with Crippen LogP contribution in [0.5, 0.6) is 0 Å². The monoisotopic (exact) mass is 805 g/mol. The summed E-state index contributed by atoms with van der Waals surface area (Å²) in [6.45, 7) is 0. The van der Waals surface area contributed by atoms with E-state index in [2.05, 4.69) is 205 Å². The van der Waals surface area contributed by atoms with E-state index in [0.717, 1.165) is 34.0 Å². The van der Waals surface area contributed by atoms with Crippen molar-refractivity contribution in [3.63, 3.8) is 0 Å². The second-order valence-electron chi connectivity index (χ2n) is 14.8. The molecular weight excluding hydrogens is 771 g/mol. The average molecular weight is 805 g/mol. The van der Waals surface area contributed by atoms with Crippen molar-refractivity contribution < 1.29 is 0 Å². The molecular formula is C52H33GeN3S. The van der Waals surface area contributed by atoms with Gasteiger partial charge in [0.2, 0.25) is 0 Å². The first-order valence-electron chi connectivity index (χ1n) is 19.4. The fraction of sp³-hybridized carbons (Fsp3) is 0. The third-order valence-electron chi connectivity index (χ3n) is 11.9. The zero-order valence-corrected chi connectivity index (χ0v) is 33.7. The molecule has 0 radical (unpaired) electrons. The number of fused-ring (bicyclic) bond motifs is 10. The Morgan fingerprint density at radius 3 is 1.81 bits per heavy atom. The number of rotatable bonds is 5. The van der Waals surface area contributed by atoms with Crippen LogP contribution in [0.25, 0.3) is 81.6 Å². The molecule has 11 aromatic rings. The van der Waals surface area contributed by atoms with E-state index >= 15 is 0 Å². The molecule has 0 bridgehead atoms. The quantitative estimate of drug-likeness (QED) is 0.162. The number of benzene rings is 8. The molecule has 0 amide bonds. The number of nitrogens with zero attached hydrogens (tertiary/aromatic N) is 3. The molecule has 0 atom stereocenters. The summed E-state index contributed by atoms with van der Waals surface area (Å²) in [5.41, 5.74) is 8.79. The summed E-state index contributed by atoms with van der Waals surface area (Å²) >= 11 is -1.79. The van der Waals surface area contributed by atoms with Crippen molar-refractivity contribution in [2.24, 2.45) is 0 Å². The summed E-state index contributed by atoms with van der Waals surface area (Å²) in [6.07, 6.45) is 0. The molecule has 0 saturated heterocycles. The molecule has 12 rings (SSSR count). The first-order valence-corrected chi connectivity index (χ1v) is 24.4. The fourth-order valence-corrected chi connectivity index (χ4v) is 21.8. The predicted octanol–water partition coefficient (Wildman–Crippen LogP) is 10.6. The van der Waals surface area contributed by atoms with Gasteiger partial charge in [0.05, 0.1) is 0 Å². The van der Waals surface area contributed by atoms with Crippen molar-refractivity contribution >= 4 is 84.2 Å². The minimum atomic E-state index is -3.67. The van der Waals surface area contributed by atoms with E-state index in [0.29, 0.717) is 0 Å². The Morgan fingerprint density at radius 2 is 1.04 bits per heavy atom. The van der Waals surface area contributed by atoms with Crippen molar-refractivity contribution in [1.82, 2.24) is 14.5 Å². The molecule has 0 N–H and O–H groups in total. The van der Waals surface area contributed by atoms with Crippen molar-refractivity contribution in [1.29, 1.82) is 0 Å². The molecule has 0 fully saturated rings. The van der Waals surface area contributed by atoms with Gasteiger partial charge in [-0.05, 0) is 6.07 Å². The van der Waals surface area contributed by atoms with Gasteiger partial charge in [-0.25, -0.2) is 0 Å². The van der Waals surface area contributed by atoms with Crippen LogP contribution in [0, 0.1) is 0 Å². The van der Waals surface area contributed by atoms with Gasteiger partial charge in [-0.3, -0.25) is 0 Å². The van der Waals surface area contributed by atoms with E-state index in [9.17, 15) is 0 Å². The molecule has 3 nitrogen and oxygen atoms in total. The number of thiophene rings is 1. The van der Waals surface area contributed by atoms with Gasteiger partial charge < -0.3 is 0 Å². The van der Waals surface area contributed by atoms with Gasteiger partial charge in [0.15, 0.2) is 0 Å². The molecule has 1 aliphatic rings. The Balaban J connectivity index is 1.19. The van der Waals surface area contributed by atoms with E-state index in [4.69, 9.17) is 9.97 Å². The summed E-state index contributed by atoms with van der Waals surface area (Å²) < 4.78 is 10.5. The SMILES string of the molecule is c1ccc(-c2nc(-c3ccccc3-n3c4ccccc4c4c5sc6ccccc6c5ccc43)nc3[c]2[Ge]([c]2ccccc2)([c]2ccccc2)[c]2ccccc2-3)cc1. The van der Waals surface area contributed by atoms with Crippen LogP contribution >= 0.6 is 11.3 Å². The van der Waals surface area contributed by atoms with E-state index in [1.54, 1.807) is 0 Å². The Hall–Kier alpha value is -6.60. The molecule has 0 unspecified atom stereocenters. The van der Waals surface area contributed by atoms with E-state index in [1.165, 1.54) is 65.1 Å². The zero-order chi connectivity index (χ0) is 37.5. The predicted molar refractivity (Wildman–Crippen MR) is 243 cm³/mol. The Bertz CT molecular complexity index is 3310. The van der Waals surface area contributed by atoms with Crippen LogP contribution in [0.3, 0.4) is 0 Å².